The lowest BCUT2D eigenvalue weighted by molar-refractivity contribution is 0.0699. The molecule has 0 aliphatic heterocycles. The van der Waals surface area contributed by atoms with Crippen molar-refractivity contribution in [3.05, 3.63) is 42.2 Å². The molecule has 9 heteroatoms. The summed E-state index contributed by atoms with van der Waals surface area (Å²) < 4.78 is 18.0. The largest absolute Gasteiger partial charge is 0.491 e. The minimum Gasteiger partial charge on any atom is -0.491 e. The number of guanidine groups is 1. The molecule has 0 unspecified atom stereocenters. The van der Waals surface area contributed by atoms with Crippen LogP contribution < -0.4 is 15.4 Å². The second-order valence-corrected chi connectivity index (χ2v) is 6.81. The predicted octanol–water partition coefficient (Wildman–Crippen LogP) is 3.44. The maximum Gasteiger partial charge on any atom is 0.196 e. The lowest BCUT2D eigenvalue weighted by atomic mass is 10.3. The fourth-order valence-corrected chi connectivity index (χ4v) is 2.51. The molecular formula is C21H34IN5O3. The molecule has 1 aromatic heterocycles. The van der Waals surface area contributed by atoms with Crippen LogP contribution in [0.25, 0.3) is 0 Å². The van der Waals surface area contributed by atoms with E-state index in [2.05, 4.69) is 20.7 Å². The summed E-state index contributed by atoms with van der Waals surface area (Å²) in [6.07, 6.45) is 2.80. The molecule has 168 valence electrons. The van der Waals surface area contributed by atoms with Crippen molar-refractivity contribution >= 4 is 35.6 Å². The summed E-state index contributed by atoms with van der Waals surface area (Å²) in [6, 6.07) is 9.82. The van der Waals surface area contributed by atoms with Crippen molar-refractivity contribution in [2.75, 3.05) is 38.8 Å². The SMILES string of the molecule is COCCOCCCNC(=NCc1ccnn1C)Nc1ccc(OC(C)C)cc1.I. The van der Waals surface area contributed by atoms with Crippen LogP contribution in [0.3, 0.4) is 0 Å². The summed E-state index contributed by atoms with van der Waals surface area (Å²) in [6.45, 7) is 7.20. The summed E-state index contributed by atoms with van der Waals surface area (Å²) >= 11 is 0. The highest BCUT2D eigenvalue weighted by Crippen LogP contribution is 2.17. The number of nitrogens with one attached hydrogen (secondary N) is 2. The Bertz CT molecular complexity index is 734. The highest BCUT2D eigenvalue weighted by atomic mass is 127. The molecule has 2 aromatic rings. The van der Waals surface area contributed by atoms with Crippen LogP contribution in [-0.2, 0) is 23.1 Å². The van der Waals surface area contributed by atoms with Crippen molar-refractivity contribution in [1.82, 2.24) is 15.1 Å². The van der Waals surface area contributed by atoms with Gasteiger partial charge in [0.2, 0.25) is 0 Å². The molecule has 0 saturated heterocycles. The van der Waals surface area contributed by atoms with E-state index >= 15 is 0 Å². The van der Waals surface area contributed by atoms with E-state index in [4.69, 9.17) is 14.2 Å². The van der Waals surface area contributed by atoms with Gasteiger partial charge in [-0.05, 0) is 50.6 Å². The number of anilines is 1. The van der Waals surface area contributed by atoms with Gasteiger partial charge in [-0.2, -0.15) is 5.10 Å². The van der Waals surface area contributed by atoms with E-state index in [9.17, 15) is 0 Å². The van der Waals surface area contributed by atoms with Gasteiger partial charge in [0.25, 0.3) is 0 Å². The maximum atomic E-state index is 5.70. The van der Waals surface area contributed by atoms with Crippen molar-refractivity contribution in [2.24, 2.45) is 12.0 Å². The van der Waals surface area contributed by atoms with Crippen molar-refractivity contribution < 1.29 is 14.2 Å². The zero-order chi connectivity index (χ0) is 20.9. The predicted molar refractivity (Wildman–Crippen MR) is 131 cm³/mol. The first kappa shape index (κ1) is 26.2. The van der Waals surface area contributed by atoms with E-state index in [0.717, 1.165) is 30.1 Å². The molecule has 0 atom stereocenters. The highest BCUT2D eigenvalue weighted by Gasteiger charge is 2.04. The monoisotopic (exact) mass is 531 g/mol. The smallest absolute Gasteiger partial charge is 0.196 e. The number of nitrogens with zero attached hydrogens (tertiary/aromatic N) is 3. The molecule has 0 saturated carbocycles. The zero-order valence-corrected chi connectivity index (χ0v) is 20.6. The summed E-state index contributed by atoms with van der Waals surface area (Å²) in [5.41, 5.74) is 1.98. The number of benzene rings is 1. The van der Waals surface area contributed by atoms with E-state index < -0.39 is 0 Å². The van der Waals surface area contributed by atoms with Gasteiger partial charge >= 0.3 is 0 Å². The van der Waals surface area contributed by atoms with Gasteiger partial charge in [0.05, 0.1) is 31.6 Å². The Morgan fingerprint density at radius 1 is 1.13 bits per heavy atom. The number of aromatic nitrogens is 2. The quantitative estimate of drug-likeness (QED) is 0.189. The number of hydrogen-bond acceptors (Lipinski definition) is 5. The topological polar surface area (TPSA) is 81.9 Å². The van der Waals surface area contributed by atoms with Gasteiger partial charge in [0.15, 0.2) is 5.96 Å². The Balaban J connectivity index is 0.00000450. The Morgan fingerprint density at radius 2 is 1.90 bits per heavy atom. The van der Waals surface area contributed by atoms with Gasteiger partial charge in [-0.25, -0.2) is 4.99 Å². The average molecular weight is 531 g/mol. The second kappa shape index (κ2) is 15.0. The third-order valence-corrected chi connectivity index (χ3v) is 4.00. The van der Waals surface area contributed by atoms with Crippen LogP contribution in [0, 0.1) is 0 Å². The average Bonchev–Trinajstić information content (AvgIpc) is 3.11. The molecule has 0 aliphatic carbocycles. The molecule has 1 heterocycles. The van der Waals surface area contributed by atoms with Crippen molar-refractivity contribution in [3.63, 3.8) is 0 Å². The van der Waals surface area contributed by atoms with Crippen molar-refractivity contribution in [3.8, 4) is 5.75 Å². The normalized spacial score (nSPS) is 11.3. The standard InChI is InChI=1S/C21H33N5O3.HI/c1-17(2)29-20-8-6-18(7-9-20)25-21(22-11-5-13-28-15-14-27-4)23-16-19-10-12-24-26(19)3;/h6-10,12,17H,5,11,13-16H2,1-4H3,(H2,22,23,25);1H. The van der Waals surface area contributed by atoms with Crippen LogP contribution in [-0.4, -0.2) is 55.3 Å². The number of aliphatic imine (C=N–C) groups is 1. The number of ether oxygens (including phenoxy) is 3. The highest BCUT2D eigenvalue weighted by molar-refractivity contribution is 14.0. The van der Waals surface area contributed by atoms with E-state index in [0.29, 0.717) is 32.3 Å². The molecule has 0 amide bonds. The third-order valence-electron chi connectivity index (χ3n) is 4.00. The molecule has 1 aromatic carbocycles. The summed E-state index contributed by atoms with van der Waals surface area (Å²) in [4.78, 5) is 4.68. The molecule has 30 heavy (non-hydrogen) atoms. The van der Waals surface area contributed by atoms with Crippen LogP contribution in [0.15, 0.2) is 41.5 Å². The van der Waals surface area contributed by atoms with Crippen LogP contribution in [0.1, 0.15) is 26.0 Å². The summed E-state index contributed by atoms with van der Waals surface area (Å²) in [7, 11) is 3.58. The number of hydrogen-bond donors (Lipinski definition) is 2. The molecule has 0 spiro atoms. The first-order valence-corrected chi connectivity index (χ1v) is 9.94. The fraction of sp³-hybridized carbons (Fsp3) is 0.524. The van der Waals surface area contributed by atoms with Gasteiger partial charge in [-0.15, -0.1) is 24.0 Å². The van der Waals surface area contributed by atoms with Gasteiger partial charge in [0, 0.05) is 39.2 Å². The van der Waals surface area contributed by atoms with E-state index in [1.54, 1.807) is 13.3 Å². The molecule has 0 fully saturated rings. The number of methoxy groups -OCH3 is 1. The van der Waals surface area contributed by atoms with Gasteiger partial charge in [-0.1, -0.05) is 0 Å². The summed E-state index contributed by atoms with van der Waals surface area (Å²) in [5, 5.41) is 10.9. The van der Waals surface area contributed by atoms with E-state index in [1.807, 2.05) is 55.9 Å². The van der Waals surface area contributed by atoms with Crippen LogP contribution in [0.5, 0.6) is 5.75 Å². The van der Waals surface area contributed by atoms with E-state index in [-0.39, 0.29) is 30.1 Å². The lowest BCUT2D eigenvalue weighted by Gasteiger charge is -2.14. The van der Waals surface area contributed by atoms with Gasteiger partial charge in [-0.3, -0.25) is 4.68 Å². The Morgan fingerprint density at radius 3 is 2.53 bits per heavy atom. The minimum atomic E-state index is 0. The van der Waals surface area contributed by atoms with Gasteiger partial charge < -0.3 is 24.8 Å². The molecule has 0 aliphatic rings. The van der Waals surface area contributed by atoms with Crippen molar-refractivity contribution in [1.29, 1.82) is 0 Å². The molecule has 0 bridgehead atoms. The number of rotatable bonds is 12. The van der Waals surface area contributed by atoms with E-state index in [1.165, 1.54) is 0 Å². The molecule has 2 N–H and O–H groups in total. The Hall–Kier alpha value is -1.85. The Kier molecular flexibility index (Phi) is 13.1. The molecule has 2 rings (SSSR count). The first-order valence-electron chi connectivity index (χ1n) is 9.94. The van der Waals surface area contributed by atoms with Crippen LogP contribution >= 0.6 is 24.0 Å². The second-order valence-electron chi connectivity index (χ2n) is 6.81. The summed E-state index contributed by atoms with van der Waals surface area (Å²) in [5.74, 6) is 1.56. The molecular weight excluding hydrogens is 497 g/mol. The number of aryl methyl sites for hydroxylation is 1. The number of halogens is 1. The lowest BCUT2D eigenvalue weighted by Crippen LogP contribution is -2.32. The minimum absolute atomic E-state index is 0. The third kappa shape index (κ3) is 10.3. The first-order chi connectivity index (χ1) is 14.1. The molecule has 0 radical (unpaired) electrons. The molecule has 8 nitrogen and oxygen atoms in total. The van der Waals surface area contributed by atoms with Crippen molar-refractivity contribution in [2.45, 2.75) is 32.9 Å². The van der Waals surface area contributed by atoms with Crippen LogP contribution in [0.4, 0.5) is 5.69 Å². The zero-order valence-electron chi connectivity index (χ0n) is 18.3. The fourth-order valence-electron chi connectivity index (χ4n) is 2.51. The van der Waals surface area contributed by atoms with Crippen LogP contribution in [0.2, 0.25) is 0 Å². The maximum absolute atomic E-state index is 5.70. The Labute approximate surface area is 196 Å². The van der Waals surface area contributed by atoms with Gasteiger partial charge in [0.1, 0.15) is 5.75 Å².